The molecule has 0 unspecified atom stereocenters. The molecule has 0 atom stereocenters. The molecule has 0 amide bonds. The van der Waals surface area contributed by atoms with E-state index >= 15 is 0 Å². The molecular formula is H2BaGeO2Sn. The van der Waals surface area contributed by atoms with E-state index < -0.39 is 15.7 Å². The Morgan fingerprint density at radius 3 is 1.60 bits per heavy atom. The third-order valence-corrected chi connectivity index (χ3v) is 0. The van der Waals surface area contributed by atoms with E-state index in [-0.39, 0.29) is 72.8 Å². The number of rotatable bonds is 0. The SMILES string of the molecule is [Ba].[O]=[GeH][OH].[Sn]. The summed E-state index contributed by atoms with van der Waals surface area (Å²) < 4.78 is 15.8. The summed E-state index contributed by atoms with van der Waals surface area (Å²) in [5, 5.41) is 0. The maximum Gasteiger partial charge on any atom is 0 e. The summed E-state index contributed by atoms with van der Waals surface area (Å²) in [5.41, 5.74) is 0. The first kappa shape index (κ1) is 15.6. The van der Waals surface area contributed by atoms with Crippen LogP contribution in [0.15, 0.2) is 0 Å². The fourth-order valence-electron chi connectivity index (χ4n) is 0. The predicted octanol–water partition coefficient (Wildman–Crippen LogP) is -2.09. The summed E-state index contributed by atoms with van der Waals surface area (Å²) in [6.07, 6.45) is 0. The van der Waals surface area contributed by atoms with Crippen LogP contribution in [0.5, 0.6) is 0 Å². The Hall–Kier alpha value is 2.51. The average molecular weight is 363 g/mol. The fraction of sp³-hybridized carbons (Fsp3) is 0. The van der Waals surface area contributed by atoms with E-state index in [0.717, 1.165) is 0 Å². The molecule has 0 fully saturated rings. The van der Waals surface area contributed by atoms with E-state index in [1.807, 2.05) is 0 Å². The van der Waals surface area contributed by atoms with Gasteiger partial charge in [0.2, 0.25) is 0 Å². The van der Waals surface area contributed by atoms with Gasteiger partial charge in [0, 0.05) is 72.8 Å². The van der Waals surface area contributed by atoms with Crippen molar-refractivity contribution in [3.63, 3.8) is 0 Å². The van der Waals surface area contributed by atoms with Crippen LogP contribution in [0.3, 0.4) is 0 Å². The second-order valence-corrected chi connectivity index (χ2v) is 0.548. The van der Waals surface area contributed by atoms with Crippen molar-refractivity contribution in [2.75, 3.05) is 0 Å². The van der Waals surface area contributed by atoms with Crippen LogP contribution >= 0.6 is 0 Å². The van der Waals surface area contributed by atoms with Gasteiger partial charge in [0.05, 0.1) is 0 Å². The summed E-state index contributed by atoms with van der Waals surface area (Å²) in [4.78, 5) is 0. The second-order valence-electron chi connectivity index (χ2n) is 0.105. The van der Waals surface area contributed by atoms with Gasteiger partial charge in [0.25, 0.3) is 0 Å². The minimum Gasteiger partial charge on any atom is 0 e. The molecule has 0 spiro atoms. The smallest absolute Gasteiger partial charge is 0 e. The summed E-state index contributed by atoms with van der Waals surface area (Å²) in [7, 11) is 0. The largest absolute Gasteiger partial charge is 0 e. The molecule has 0 aliphatic carbocycles. The molecule has 0 aromatic rings. The topological polar surface area (TPSA) is 37.3 Å². The zero-order valence-electron chi connectivity index (χ0n) is 2.64. The normalized spacial score (nSPS) is 2.40. The molecule has 6 radical (unpaired) electrons. The standard InChI is InChI=1S/Ba.GeH2O2.Sn/c;2-1-3;/h;1-2H;. The monoisotopic (exact) mass is 366 g/mol. The molecule has 24 valence electrons. The Balaban J connectivity index is -0.0000000200. The molecule has 2 nitrogen and oxygen atoms in total. The van der Waals surface area contributed by atoms with Gasteiger partial charge >= 0.3 is 23.6 Å². The average Bonchev–Trinajstić information content (AvgIpc) is 0.918. The van der Waals surface area contributed by atoms with Gasteiger partial charge in [0.1, 0.15) is 0 Å². The minimum atomic E-state index is -1.94. The van der Waals surface area contributed by atoms with E-state index in [1.165, 1.54) is 0 Å². The Morgan fingerprint density at radius 1 is 1.60 bits per heavy atom. The van der Waals surface area contributed by atoms with Crippen LogP contribution in [0, 0.1) is 0 Å². The molecule has 5 heteroatoms. The van der Waals surface area contributed by atoms with Gasteiger partial charge in [-0.3, -0.25) is 0 Å². The zero-order valence-corrected chi connectivity index (χ0v) is 12.4. The Morgan fingerprint density at radius 2 is 1.60 bits per heavy atom. The van der Waals surface area contributed by atoms with Crippen molar-refractivity contribution in [1.82, 2.24) is 0 Å². The molecule has 0 rings (SSSR count). The summed E-state index contributed by atoms with van der Waals surface area (Å²) >= 11 is -1.94. The molecule has 5 heavy (non-hydrogen) atoms. The van der Waals surface area contributed by atoms with Crippen LogP contribution in [0.4, 0.5) is 0 Å². The molecule has 1 N–H and O–H groups in total. The Kier molecular flexibility index (Phi) is 50.2. The van der Waals surface area contributed by atoms with Crippen LogP contribution in [-0.2, 0) is 3.78 Å². The molecule has 0 aliphatic rings. The molecule has 0 aromatic heterocycles. The van der Waals surface area contributed by atoms with E-state index in [9.17, 15) is 0 Å². The van der Waals surface area contributed by atoms with Gasteiger partial charge < -0.3 is 0 Å². The zero-order chi connectivity index (χ0) is 2.71. The maximum atomic E-state index is 8.64. The third kappa shape index (κ3) is 21.0. The second kappa shape index (κ2) is 16.0. The van der Waals surface area contributed by atoms with Gasteiger partial charge in [-0.2, -0.15) is 0 Å². The van der Waals surface area contributed by atoms with E-state index in [2.05, 4.69) is 0 Å². The van der Waals surface area contributed by atoms with Crippen LogP contribution in [0.1, 0.15) is 0 Å². The summed E-state index contributed by atoms with van der Waals surface area (Å²) in [5.74, 6) is 0. The molecule has 0 saturated carbocycles. The minimum absolute atomic E-state index is 0. The van der Waals surface area contributed by atoms with Crippen LogP contribution in [-0.4, -0.2) is 92.6 Å². The number of hydrogen-bond acceptors (Lipinski definition) is 1. The van der Waals surface area contributed by atoms with Gasteiger partial charge in [-0.25, -0.2) is 0 Å². The Labute approximate surface area is 94.1 Å². The molecule has 0 aliphatic heterocycles. The van der Waals surface area contributed by atoms with E-state index in [0.29, 0.717) is 0 Å². The predicted molar refractivity (Wildman–Crippen MR) is 21.6 cm³/mol. The van der Waals surface area contributed by atoms with Gasteiger partial charge in [-0.15, -0.1) is 0 Å². The van der Waals surface area contributed by atoms with Gasteiger partial charge in [-0.1, -0.05) is 0 Å². The van der Waals surface area contributed by atoms with E-state index in [4.69, 9.17) is 7.91 Å². The molecule has 0 heterocycles. The Bertz CT molecular complexity index is 17.1. The molecule has 0 saturated heterocycles. The van der Waals surface area contributed by atoms with Crippen molar-refractivity contribution in [2.45, 2.75) is 0 Å². The first-order valence-corrected chi connectivity index (χ1v) is 2.57. The van der Waals surface area contributed by atoms with Crippen molar-refractivity contribution < 1.29 is 7.91 Å². The molecule has 0 bridgehead atoms. The quantitative estimate of drug-likeness (QED) is 0.502. The summed E-state index contributed by atoms with van der Waals surface area (Å²) in [6.45, 7) is 0. The van der Waals surface area contributed by atoms with E-state index in [1.54, 1.807) is 0 Å². The fourth-order valence-corrected chi connectivity index (χ4v) is 0. The first-order valence-electron chi connectivity index (χ1n) is 0.494. The van der Waals surface area contributed by atoms with Crippen molar-refractivity contribution in [2.24, 2.45) is 0 Å². The summed E-state index contributed by atoms with van der Waals surface area (Å²) in [6, 6.07) is 0. The van der Waals surface area contributed by atoms with Crippen molar-refractivity contribution in [3.8, 4) is 0 Å². The molecular weight excluding hydrogens is 361 g/mol. The van der Waals surface area contributed by atoms with Crippen LogP contribution in [0.25, 0.3) is 0 Å². The molecule has 0 aromatic carbocycles. The van der Waals surface area contributed by atoms with Gasteiger partial charge in [0.15, 0.2) is 0 Å². The van der Waals surface area contributed by atoms with Crippen molar-refractivity contribution >= 4 is 88.5 Å². The number of hydrogen-bond donors (Lipinski definition) is 1. The van der Waals surface area contributed by atoms with Crippen molar-refractivity contribution in [1.29, 1.82) is 0 Å². The third-order valence-electron chi connectivity index (χ3n) is 0. The van der Waals surface area contributed by atoms with Crippen LogP contribution in [0.2, 0.25) is 0 Å². The van der Waals surface area contributed by atoms with Crippen LogP contribution < -0.4 is 0 Å². The van der Waals surface area contributed by atoms with Gasteiger partial charge in [-0.05, 0) is 0 Å². The maximum absolute atomic E-state index is 8.64. The van der Waals surface area contributed by atoms with Crippen molar-refractivity contribution in [3.05, 3.63) is 0 Å². The first-order chi connectivity index (χ1) is 1.41.